The van der Waals surface area contributed by atoms with Gasteiger partial charge in [0.15, 0.2) is 17.5 Å². The zero-order chi connectivity index (χ0) is 35.9. The first kappa shape index (κ1) is 32.2. The quantitative estimate of drug-likeness (QED) is 0.174. The number of benzene rings is 7. The average molecular weight is 694 g/mol. The van der Waals surface area contributed by atoms with Crippen LogP contribution in [-0.4, -0.2) is 15.0 Å². The molecular formula is C51H39N3. The molecule has 3 heteroatoms. The van der Waals surface area contributed by atoms with Gasteiger partial charge < -0.3 is 0 Å². The molecule has 1 aromatic heterocycles. The lowest BCUT2D eigenvalue weighted by molar-refractivity contribution is 0.353. The molecule has 1 fully saturated rings. The molecule has 0 N–H and O–H groups in total. The predicted molar refractivity (Wildman–Crippen MR) is 222 cm³/mol. The van der Waals surface area contributed by atoms with Crippen molar-refractivity contribution in [1.82, 2.24) is 15.0 Å². The number of rotatable bonds is 6. The van der Waals surface area contributed by atoms with Gasteiger partial charge in [0.2, 0.25) is 0 Å². The molecule has 2 aliphatic carbocycles. The molecule has 54 heavy (non-hydrogen) atoms. The average Bonchev–Trinajstić information content (AvgIpc) is 3.53. The highest BCUT2D eigenvalue weighted by Gasteiger charge is 2.44. The highest BCUT2D eigenvalue weighted by molar-refractivity contribution is 5.93. The lowest BCUT2D eigenvalue weighted by Gasteiger charge is -2.36. The number of aromatic nitrogens is 3. The molecule has 0 radical (unpaired) electrons. The van der Waals surface area contributed by atoms with Crippen molar-refractivity contribution in [1.29, 1.82) is 0 Å². The molecule has 10 rings (SSSR count). The van der Waals surface area contributed by atoms with Gasteiger partial charge in [-0.2, -0.15) is 0 Å². The van der Waals surface area contributed by atoms with E-state index in [0.717, 1.165) is 33.4 Å². The van der Waals surface area contributed by atoms with Crippen molar-refractivity contribution in [3.8, 4) is 78.7 Å². The van der Waals surface area contributed by atoms with Gasteiger partial charge in [-0.1, -0.05) is 189 Å². The van der Waals surface area contributed by atoms with Gasteiger partial charge in [-0.05, 0) is 74.5 Å². The van der Waals surface area contributed by atoms with Gasteiger partial charge in [0, 0.05) is 22.1 Å². The van der Waals surface area contributed by atoms with Gasteiger partial charge in [0.05, 0.1) is 0 Å². The molecular weight excluding hydrogens is 655 g/mol. The fourth-order valence-electron chi connectivity index (χ4n) is 8.91. The van der Waals surface area contributed by atoms with Gasteiger partial charge in [-0.15, -0.1) is 0 Å². The van der Waals surface area contributed by atoms with E-state index in [1.165, 1.54) is 71.0 Å². The molecule has 3 nitrogen and oxygen atoms in total. The predicted octanol–water partition coefficient (Wildman–Crippen LogP) is 13.1. The van der Waals surface area contributed by atoms with Crippen LogP contribution in [0.15, 0.2) is 176 Å². The number of fused-ring (bicyclic) bond motifs is 5. The Hall–Kier alpha value is -6.45. The van der Waals surface area contributed by atoms with Gasteiger partial charge in [0.25, 0.3) is 0 Å². The van der Waals surface area contributed by atoms with Crippen molar-refractivity contribution in [2.75, 3.05) is 0 Å². The van der Waals surface area contributed by atoms with Crippen LogP contribution in [0, 0.1) is 0 Å². The van der Waals surface area contributed by atoms with Crippen LogP contribution >= 0.6 is 0 Å². The molecule has 0 unspecified atom stereocenters. The van der Waals surface area contributed by atoms with E-state index in [0.29, 0.717) is 17.5 Å². The SMILES string of the molecule is c1ccc(-c2cccc(-c3nc(-c4ccccc4)nc(-c4ccc(-c5ccc(-c6cccc7c6-c6ccccc6C76CCCCC6)cc5)cc4)n3)c2)cc1. The molecule has 1 spiro atoms. The minimum atomic E-state index is 0.162. The summed E-state index contributed by atoms with van der Waals surface area (Å²) in [6.07, 6.45) is 6.44. The Morgan fingerprint density at radius 3 is 1.44 bits per heavy atom. The third-order valence-electron chi connectivity index (χ3n) is 11.6. The first-order valence-electron chi connectivity index (χ1n) is 19.2. The van der Waals surface area contributed by atoms with E-state index in [9.17, 15) is 0 Å². The summed E-state index contributed by atoms with van der Waals surface area (Å²) >= 11 is 0. The molecule has 0 bridgehead atoms. The topological polar surface area (TPSA) is 38.7 Å². The Labute approximate surface area is 317 Å². The maximum atomic E-state index is 5.04. The second-order valence-electron chi connectivity index (χ2n) is 14.7. The molecule has 0 saturated heterocycles. The van der Waals surface area contributed by atoms with Crippen molar-refractivity contribution < 1.29 is 0 Å². The fourth-order valence-corrected chi connectivity index (χ4v) is 8.91. The van der Waals surface area contributed by atoms with Crippen molar-refractivity contribution in [3.63, 3.8) is 0 Å². The molecule has 258 valence electrons. The van der Waals surface area contributed by atoms with Crippen LogP contribution in [0.25, 0.3) is 78.7 Å². The van der Waals surface area contributed by atoms with Crippen molar-refractivity contribution in [2.24, 2.45) is 0 Å². The van der Waals surface area contributed by atoms with Gasteiger partial charge >= 0.3 is 0 Å². The van der Waals surface area contributed by atoms with Gasteiger partial charge in [-0.3, -0.25) is 0 Å². The summed E-state index contributed by atoms with van der Waals surface area (Å²) in [6, 6.07) is 62.9. The summed E-state index contributed by atoms with van der Waals surface area (Å²) < 4.78 is 0. The summed E-state index contributed by atoms with van der Waals surface area (Å²) in [5, 5.41) is 0. The minimum Gasteiger partial charge on any atom is -0.208 e. The lowest BCUT2D eigenvalue weighted by atomic mass is 9.68. The van der Waals surface area contributed by atoms with Crippen LogP contribution in [0.4, 0.5) is 0 Å². The van der Waals surface area contributed by atoms with E-state index in [1.807, 2.05) is 36.4 Å². The number of nitrogens with zero attached hydrogens (tertiary/aromatic N) is 3. The fraction of sp³-hybridized carbons (Fsp3) is 0.118. The lowest BCUT2D eigenvalue weighted by Crippen LogP contribution is -2.27. The van der Waals surface area contributed by atoms with Crippen LogP contribution in [0.1, 0.15) is 43.2 Å². The van der Waals surface area contributed by atoms with E-state index in [2.05, 4.69) is 140 Å². The van der Waals surface area contributed by atoms with Crippen LogP contribution in [0.2, 0.25) is 0 Å². The zero-order valence-corrected chi connectivity index (χ0v) is 30.1. The normalized spacial score (nSPS) is 14.1. The van der Waals surface area contributed by atoms with E-state index < -0.39 is 0 Å². The molecule has 1 heterocycles. The Morgan fingerprint density at radius 1 is 0.315 bits per heavy atom. The standard InChI is InChI=1S/C51H39N3/c1-4-14-35(15-5-1)41-18-12-19-42(34-41)50-53-48(39-16-6-2-7-17-39)52-49(54-50)40-30-26-37(27-31-40)36-24-28-38(29-25-36)43-21-13-23-46-47(43)44-20-8-9-22-45(44)51(46)32-10-3-11-33-51/h1-2,4-9,12-31,34H,3,10-11,32-33H2. The molecule has 0 aliphatic heterocycles. The van der Waals surface area contributed by atoms with Gasteiger partial charge in [0.1, 0.15) is 0 Å². The van der Waals surface area contributed by atoms with Crippen molar-refractivity contribution in [2.45, 2.75) is 37.5 Å². The molecule has 8 aromatic rings. The van der Waals surface area contributed by atoms with E-state index >= 15 is 0 Å². The van der Waals surface area contributed by atoms with Crippen molar-refractivity contribution in [3.05, 3.63) is 187 Å². The van der Waals surface area contributed by atoms with Crippen LogP contribution in [0.3, 0.4) is 0 Å². The summed E-state index contributed by atoms with van der Waals surface area (Å²) in [7, 11) is 0. The smallest absolute Gasteiger partial charge is 0.164 e. The Bertz CT molecular complexity index is 2600. The summed E-state index contributed by atoms with van der Waals surface area (Å²) in [6.45, 7) is 0. The van der Waals surface area contributed by atoms with Crippen LogP contribution in [0.5, 0.6) is 0 Å². The van der Waals surface area contributed by atoms with Crippen LogP contribution in [-0.2, 0) is 5.41 Å². The Balaban J connectivity index is 0.979. The summed E-state index contributed by atoms with van der Waals surface area (Å²) in [5.74, 6) is 1.96. The molecule has 7 aromatic carbocycles. The number of hydrogen-bond donors (Lipinski definition) is 0. The summed E-state index contributed by atoms with van der Waals surface area (Å²) in [5.41, 5.74) is 16.2. The first-order valence-corrected chi connectivity index (χ1v) is 19.2. The molecule has 0 atom stereocenters. The Kier molecular flexibility index (Phi) is 8.06. The second-order valence-corrected chi connectivity index (χ2v) is 14.7. The van der Waals surface area contributed by atoms with Gasteiger partial charge in [-0.25, -0.2) is 15.0 Å². The van der Waals surface area contributed by atoms with E-state index in [1.54, 1.807) is 0 Å². The second kappa shape index (κ2) is 13.5. The highest BCUT2D eigenvalue weighted by Crippen LogP contribution is 2.57. The molecule has 2 aliphatic rings. The molecule has 1 saturated carbocycles. The largest absolute Gasteiger partial charge is 0.208 e. The Morgan fingerprint density at radius 2 is 0.759 bits per heavy atom. The summed E-state index contributed by atoms with van der Waals surface area (Å²) in [4.78, 5) is 15.0. The maximum absolute atomic E-state index is 5.04. The number of hydrogen-bond acceptors (Lipinski definition) is 3. The monoisotopic (exact) mass is 693 g/mol. The van der Waals surface area contributed by atoms with Crippen molar-refractivity contribution >= 4 is 0 Å². The maximum Gasteiger partial charge on any atom is 0.164 e. The third kappa shape index (κ3) is 5.64. The third-order valence-corrected chi connectivity index (χ3v) is 11.6. The first-order chi connectivity index (χ1) is 26.7. The van der Waals surface area contributed by atoms with Crippen LogP contribution < -0.4 is 0 Å². The highest BCUT2D eigenvalue weighted by atomic mass is 15.0. The minimum absolute atomic E-state index is 0.162. The van der Waals surface area contributed by atoms with E-state index in [-0.39, 0.29) is 5.41 Å². The van der Waals surface area contributed by atoms with E-state index in [4.69, 9.17) is 15.0 Å². The molecule has 0 amide bonds. The zero-order valence-electron chi connectivity index (χ0n) is 30.1.